The second-order valence-electron chi connectivity index (χ2n) is 5.69. The highest BCUT2D eigenvalue weighted by atomic mass is 16.5. The first kappa shape index (κ1) is 19.5. The molecule has 0 aliphatic rings. The van der Waals surface area contributed by atoms with E-state index in [0.717, 1.165) is 5.75 Å². The van der Waals surface area contributed by atoms with Gasteiger partial charge in [0.25, 0.3) is 0 Å². The molecular formula is C20H23NO5. The number of carbonyl (C=O) groups excluding carboxylic acids is 1. The molecule has 0 bridgehead atoms. The molecule has 2 aromatic carbocycles. The lowest BCUT2D eigenvalue weighted by molar-refractivity contribution is -0.149. The molecular weight excluding hydrogens is 334 g/mol. The third-order valence-corrected chi connectivity index (χ3v) is 3.99. The molecule has 6 heteroatoms. The van der Waals surface area contributed by atoms with Crippen LogP contribution in [0.5, 0.6) is 5.75 Å². The van der Waals surface area contributed by atoms with Gasteiger partial charge in [-0.15, -0.1) is 0 Å². The minimum absolute atomic E-state index is 0.217. The second-order valence-corrected chi connectivity index (χ2v) is 5.69. The van der Waals surface area contributed by atoms with Gasteiger partial charge in [-0.2, -0.15) is 0 Å². The molecule has 26 heavy (non-hydrogen) atoms. The molecule has 0 aromatic heterocycles. The summed E-state index contributed by atoms with van der Waals surface area (Å²) in [4.78, 5) is 24.0. The summed E-state index contributed by atoms with van der Waals surface area (Å²) in [5.74, 6) is -0.870. The van der Waals surface area contributed by atoms with Crippen LogP contribution in [0.3, 0.4) is 0 Å². The van der Waals surface area contributed by atoms with E-state index in [1.807, 2.05) is 30.3 Å². The number of benzene rings is 2. The topological polar surface area (TPSA) is 84.9 Å². The Morgan fingerprint density at radius 1 is 1.00 bits per heavy atom. The number of carbonyl (C=O) groups is 2. The van der Waals surface area contributed by atoms with Gasteiger partial charge >= 0.3 is 5.97 Å². The highest BCUT2D eigenvalue weighted by molar-refractivity contribution is 5.88. The molecule has 1 amide bonds. The van der Waals surface area contributed by atoms with E-state index in [1.54, 1.807) is 37.3 Å². The summed E-state index contributed by atoms with van der Waals surface area (Å²) in [6, 6.07) is 17.9. The van der Waals surface area contributed by atoms with Crippen LogP contribution >= 0.6 is 0 Å². The van der Waals surface area contributed by atoms with Crippen molar-refractivity contribution < 1.29 is 24.2 Å². The highest BCUT2D eigenvalue weighted by Crippen LogP contribution is 2.25. The van der Waals surface area contributed by atoms with Gasteiger partial charge < -0.3 is 19.9 Å². The Bertz CT molecular complexity index is 705. The number of ether oxygens (including phenoxy) is 2. The van der Waals surface area contributed by atoms with E-state index in [9.17, 15) is 14.7 Å². The summed E-state index contributed by atoms with van der Waals surface area (Å²) in [6.07, 6.45) is 0.217. The van der Waals surface area contributed by atoms with E-state index in [-0.39, 0.29) is 19.6 Å². The smallest absolute Gasteiger partial charge is 0.334 e. The van der Waals surface area contributed by atoms with Crippen LogP contribution in [0, 0.1) is 0 Å². The summed E-state index contributed by atoms with van der Waals surface area (Å²) in [5, 5.41) is 12.3. The summed E-state index contributed by atoms with van der Waals surface area (Å²) in [5.41, 5.74) is -0.946. The van der Waals surface area contributed by atoms with Crippen LogP contribution in [0.4, 0.5) is 0 Å². The van der Waals surface area contributed by atoms with Gasteiger partial charge in [0.15, 0.2) is 5.54 Å². The average molecular weight is 357 g/mol. The fourth-order valence-corrected chi connectivity index (χ4v) is 2.59. The summed E-state index contributed by atoms with van der Waals surface area (Å²) in [6.45, 7) is 2.00. The standard InChI is InChI=1S/C20H23NO5/c1-2-20(19(23)24,16-9-5-3-6-10-16)21-18(22)15-25-13-14-26-17-11-7-4-8-12-17/h3-12H,2,13-15H2,1H3,(H,21,22)(H,23,24). The second kappa shape index (κ2) is 9.58. The SMILES string of the molecule is CCC(NC(=O)COCCOc1ccccc1)(C(=O)O)c1ccccc1. The Kier molecular flexibility index (Phi) is 7.17. The van der Waals surface area contributed by atoms with Crippen LogP contribution < -0.4 is 10.1 Å². The monoisotopic (exact) mass is 357 g/mol. The molecule has 0 heterocycles. The van der Waals surface area contributed by atoms with Gasteiger partial charge in [-0.25, -0.2) is 4.79 Å². The first-order valence-electron chi connectivity index (χ1n) is 8.44. The first-order chi connectivity index (χ1) is 12.6. The molecule has 0 aliphatic heterocycles. The predicted octanol–water partition coefficient (Wildman–Crippen LogP) is 2.59. The Morgan fingerprint density at radius 2 is 1.62 bits per heavy atom. The summed E-state index contributed by atoms with van der Waals surface area (Å²) < 4.78 is 10.8. The molecule has 0 saturated heterocycles. The number of hydrogen-bond donors (Lipinski definition) is 2. The number of aliphatic carboxylic acids is 1. The molecule has 138 valence electrons. The Labute approximate surface area is 152 Å². The molecule has 0 spiro atoms. The van der Waals surface area contributed by atoms with E-state index in [0.29, 0.717) is 12.2 Å². The molecule has 1 atom stereocenters. The molecule has 1 unspecified atom stereocenters. The highest BCUT2D eigenvalue weighted by Gasteiger charge is 2.40. The van der Waals surface area contributed by atoms with Crippen molar-refractivity contribution in [3.05, 3.63) is 66.2 Å². The van der Waals surface area contributed by atoms with E-state index in [2.05, 4.69) is 5.32 Å². The van der Waals surface area contributed by atoms with Crippen LogP contribution in [0.1, 0.15) is 18.9 Å². The molecule has 2 N–H and O–H groups in total. The number of carboxylic acids is 1. The Balaban J connectivity index is 1.85. The maximum Gasteiger partial charge on any atom is 0.334 e. The van der Waals surface area contributed by atoms with Crippen LogP contribution in [0.25, 0.3) is 0 Å². The molecule has 0 radical (unpaired) electrons. The van der Waals surface area contributed by atoms with Crippen molar-refractivity contribution in [3.8, 4) is 5.75 Å². The quantitative estimate of drug-likeness (QED) is 0.639. The van der Waals surface area contributed by atoms with Gasteiger partial charge in [0.05, 0.1) is 6.61 Å². The lowest BCUT2D eigenvalue weighted by Crippen LogP contribution is -2.52. The lowest BCUT2D eigenvalue weighted by atomic mass is 9.87. The molecule has 0 fully saturated rings. The minimum atomic E-state index is -1.47. The van der Waals surface area contributed by atoms with Crippen molar-refractivity contribution in [3.63, 3.8) is 0 Å². The number of nitrogens with one attached hydrogen (secondary N) is 1. The van der Waals surface area contributed by atoms with Gasteiger partial charge in [0.2, 0.25) is 5.91 Å². The largest absolute Gasteiger partial charge is 0.491 e. The Morgan fingerprint density at radius 3 is 2.19 bits per heavy atom. The van der Waals surface area contributed by atoms with Gasteiger partial charge in [-0.05, 0) is 24.1 Å². The third-order valence-electron chi connectivity index (χ3n) is 3.99. The van der Waals surface area contributed by atoms with Crippen molar-refractivity contribution >= 4 is 11.9 Å². The molecule has 2 rings (SSSR count). The van der Waals surface area contributed by atoms with E-state index in [4.69, 9.17) is 9.47 Å². The van der Waals surface area contributed by atoms with Crippen molar-refractivity contribution in [1.82, 2.24) is 5.32 Å². The van der Waals surface area contributed by atoms with Gasteiger partial charge in [-0.1, -0.05) is 55.5 Å². The lowest BCUT2D eigenvalue weighted by Gasteiger charge is -2.30. The zero-order valence-corrected chi connectivity index (χ0v) is 14.7. The number of para-hydroxylation sites is 1. The van der Waals surface area contributed by atoms with Crippen molar-refractivity contribution in [2.45, 2.75) is 18.9 Å². The summed E-state index contributed by atoms with van der Waals surface area (Å²) >= 11 is 0. The molecule has 6 nitrogen and oxygen atoms in total. The van der Waals surface area contributed by atoms with Crippen molar-refractivity contribution in [2.24, 2.45) is 0 Å². The number of amides is 1. The minimum Gasteiger partial charge on any atom is -0.491 e. The number of rotatable bonds is 10. The van der Waals surface area contributed by atoms with Crippen molar-refractivity contribution in [2.75, 3.05) is 19.8 Å². The van der Waals surface area contributed by atoms with Gasteiger partial charge in [0, 0.05) is 0 Å². The maximum absolute atomic E-state index is 12.2. The number of carboxylic acid groups (broad SMARTS) is 1. The molecule has 0 saturated carbocycles. The van der Waals surface area contributed by atoms with Gasteiger partial charge in [-0.3, -0.25) is 4.79 Å². The number of hydrogen-bond acceptors (Lipinski definition) is 4. The first-order valence-corrected chi connectivity index (χ1v) is 8.44. The van der Waals surface area contributed by atoms with Crippen LogP contribution in [-0.4, -0.2) is 36.8 Å². The van der Waals surface area contributed by atoms with Crippen LogP contribution in [-0.2, 0) is 19.9 Å². The van der Waals surface area contributed by atoms with E-state index >= 15 is 0 Å². The molecule has 2 aromatic rings. The Hall–Kier alpha value is -2.86. The van der Waals surface area contributed by atoms with E-state index < -0.39 is 17.4 Å². The molecule has 0 aliphatic carbocycles. The fourth-order valence-electron chi connectivity index (χ4n) is 2.59. The maximum atomic E-state index is 12.2. The average Bonchev–Trinajstić information content (AvgIpc) is 2.67. The summed E-state index contributed by atoms with van der Waals surface area (Å²) in [7, 11) is 0. The zero-order chi connectivity index (χ0) is 18.8. The van der Waals surface area contributed by atoms with Gasteiger partial charge in [0.1, 0.15) is 19.0 Å². The fraction of sp³-hybridized carbons (Fsp3) is 0.300. The predicted molar refractivity (Wildman–Crippen MR) is 96.9 cm³/mol. The van der Waals surface area contributed by atoms with Crippen LogP contribution in [0.15, 0.2) is 60.7 Å². The van der Waals surface area contributed by atoms with Crippen molar-refractivity contribution in [1.29, 1.82) is 0 Å². The van der Waals surface area contributed by atoms with Crippen LogP contribution in [0.2, 0.25) is 0 Å². The normalized spacial score (nSPS) is 12.8. The zero-order valence-electron chi connectivity index (χ0n) is 14.7. The third kappa shape index (κ3) is 5.07. The van der Waals surface area contributed by atoms with E-state index in [1.165, 1.54) is 0 Å².